The van der Waals surface area contributed by atoms with Crippen LogP contribution >= 0.6 is 23.2 Å². The molecule has 0 aromatic heterocycles. The first-order chi connectivity index (χ1) is 31.5. The van der Waals surface area contributed by atoms with Gasteiger partial charge in [0.1, 0.15) is 11.4 Å². The minimum Gasteiger partial charge on any atom is -0.459 e. The fourth-order valence-corrected chi connectivity index (χ4v) is 7.25. The van der Waals surface area contributed by atoms with E-state index in [9.17, 15) is 28.8 Å². The molecule has 4 N–H and O–H groups in total. The number of nitrogens with zero attached hydrogens (tertiary/aromatic N) is 2. The Morgan fingerprint density at radius 1 is 0.530 bits per heavy atom. The van der Waals surface area contributed by atoms with Gasteiger partial charge in [0, 0.05) is 11.1 Å². The number of Topliss-reactive ketones (excluding diaryl/α,β-unsaturated/α-hetero) is 2. The van der Waals surface area contributed by atoms with E-state index in [4.69, 9.17) is 32.7 Å². The van der Waals surface area contributed by atoms with Crippen molar-refractivity contribution in [3.63, 3.8) is 0 Å². The molecule has 0 saturated heterocycles. The second kappa shape index (κ2) is 19.6. The molecule has 0 radical (unpaired) electrons. The number of anilines is 4. The average molecular weight is 926 g/mol. The lowest BCUT2D eigenvalue weighted by Crippen LogP contribution is -2.31. The lowest BCUT2D eigenvalue weighted by molar-refractivity contribution is -0.118. The van der Waals surface area contributed by atoms with Crippen LogP contribution in [0.25, 0.3) is 12.2 Å². The molecular weight excluding hydrogens is 883 g/mol. The zero-order valence-corrected chi connectivity index (χ0v) is 38.0. The van der Waals surface area contributed by atoms with E-state index in [0.29, 0.717) is 33.6 Å². The molecule has 0 bridgehead atoms. The molecule has 0 saturated carbocycles. The van der Waals surface area contributed by atoms with E-state index in [-0.39, 0.29) is 67.3 Å². The van der Waals surface area contributed by atoms with Gasteiger partial charge >= 0.3 is 11.9 Å². The number of hydrazone groups is 2. The van der Waals surface area contributed by atoms with Crippen molar-refractivity contribution < 1.29 is 38.2 Å². The normalized spacial score (nSPS) is 14.3. The summed E-state index contributed by atoms with van der Waals surface area (Å²) in [4.78, 5) is 80.8. The van der Waals surface area contributed by atoms with E-state index in [0.717, 1.165) is 11.1 Å². The number of carbonyl (C=O) groups excluding carboxylic acids is 6. The Bertz CT molecular complexity index is 2810. The van der Waals surface area contributed by atoms with Crippen molar-refractivity contribution >= 4 is 105 Å². The summed E-state index contributed by atoms with van der Waals surface area (Å²) in [5.41, 5.74) is 10.2. The summed E-state index contributed by atoms with van der Waals surface area (Å²) in [5, 5.41) is 14.0. The largest absolute Gasteiger partial charge is 0.459 e. The second-order valence-electron chi connectivity index (χ2n) is 15.8. The molecule has 0 aliphatic heterocycles. The first-order valence-electron chi connectivity index (χ1n) is 20.6. The van der Waals surface area contributed by atoms with Crippen LogP contribution in [0.5, 0.6) is 0 Å². The Morgan fingerprint density at radius 2 is 0.909 bits per heavy atom. The van der Waals surface area contributed by atoms with Gasteiger partial charge in [-0.1, -0.05) is 83.9 Å². The van der Waals surface area contributed by atoms with E-state index in [1.54, 1.807) is 126 Å². The van der Waals surface area contributed by atoms with Crippen molar-refractivity contribution in [3.8, 4) is 0 Å². The molecule has 14 nitrogen and oxygen atoms in total. The van der Waals surface area contributed by atoms with Crippen molar-refractivity contribution in [1.29, 1.82) is 0 Å². The van der Waals surface area contributed by atoms with Gasteiger partial charge in [0.25, 0.3) is 11.8 Å². The number of fused-ring (bicyclic) bond motifs is 2. The summed E-state index contributed by atoms with van der Waals surface area (Å²) in [6.45, 7) is 10.6. The van der Waals surface area contributed by atoms with Crippen molar-refractivity contribution in [3.05, 3.63) is 163 Å². The average Bonchev–Trinajstić information content (AvgIpc) is 3.27. The Labute approximate surface area is 389 Å². The zero-order valence-electron chi connectivity index (χ0n) is 36.5. The Hall–Kier alpha value is -7.68. The van der Waals surface area contributed by atoms with Crippen LogP contribution in [-0.4, -0.2) is 59.0 Å². The number of ether oxygens (including phenoxy) is 2. The van der Waals surface area contributed by atoms with E-state index >= 15 is 0 Å². The first-order valence-corrected chi connectivity index (χ1v) is 21.4. The van der Waals surface area contributed by atoms with Gasteiger partial charge in [0.05, 0.1) is 67.3 Å². The SMILES string of the molecule is Cc1ccc(C(=O)OC(C)C)cc1N/N=C1\C(=O)C(C(=O)Nc2cc(Cl)c(NC(=O)C3=Cc4ccccc4/C(=N\Nc4cc(C(=O)OC(C)C)ccc4C)C3=O)cc2Cl)=Cc2ccccc21. The van der Waals surface area contributed by atoms with E-state index in [1.165, 1.54) is 24.3 Å². The summed E-state index contributed by atoms with van der Waals surface area (Å²) in [7, 11) is 0. The smallest absolute Gasteiger partial charge is 0.338 e. The number of amides is 2. The quantitative estimate of drug-likeness (QED) is 0.0532. The molecule has 0 spiro atoms. The molecule has 2 amide bonds. The molecule has 16 heteroatoms. The third-order valence-electron chi connectivity index (χ3n) is 10.2. The van der Waals surface area contributed by atoms with E-state index in [1.807, 2.05) is 0 Å². The van der Waals surface area contributed by atoms with Crippen LogP contribution in [0.4, 0.5) is 22.7 Å². The number of carbonyl (C=O) groups is 6. The van der Waals surface area contributed by atoms with Gasteiger partial charge < -0.3 is 20.1 Å². The van der Waals surface area contributed by atoms with Crippen molar-refractivity contribution in [2.75, 3.05) is 21.5 Å². The number of benzene rings is 5. The van der Waals surface area contributed by atoms with E-state index < -0.39 is 35.3 Å². The predicted molar refractivity (Wildman–Crippen MR) is 256 cm³/mol. The number of nitrogens with one attached hydrogen (secondary N) is 4. The first kappa shape index (κ1) is 46.3. The number of aryl methyl sites for hydroxylation is 2. The predicted octanol–water partition coefficient (Wildman–Crippen LogP) is 9.58. The summed E-state index contributed by atoms with van der Waals surface area (Å²) < 4.78 is 10.6. The van der Waals surface area contributed by atoms with Crippen LogP contribution in [-0.2, 0) is 28.7 Å². The van der Waals surface area contributed by atoms with Crippen LogP contribution in [0, 0.1) is 13.8 Å². The van der Waals surface area contributed by atoms with Crippen LogP contribution in [0.2, 0.25) is 10.0 Å². The molecule has 2 aliphatic rings. The van der Waals surface area contributed by atoms with Gasteiger partial charge in [-0.2, -0.15) is 10.2 Å². The molecular formula is C50H42Cl2N6O8. The van der Waals surface area contributed by atoms with Gasteiger partial charge in [-0.15, -0.1) is 0 Å². The number of hydrogen-bond donors (Lipinski definition) is 4. The molecule has 2 aliphatic carbocycles. The number of hydrogen-bond acceptors (Lipinski definition) is 12. The molecule has 5 aromatic rings. The standard InChI is InChI=1S/C50H42Cl2N6O8/c1-25(2)65-49(63)31-17-15-27(5)39(21-31)55-57-43-33-13-9-7-11-29(33)19-35(45(43)59)47(61)53-41-23-38(52)42(24-37(41)51)54-48(62)36-20-30-12-8-10-14-34(30)44(46(36)60)58-56-40-22-32(18-16-28(40)6)50(64)66-26(3)4/h7-26,55-56H,1-6H3,(H,53,61)(H,54,62)/b57-43-,58-44+. The maximum atomic E-state index is 14.0. The van der Waals surface area contributed by atoms with Crippen LogP contribution in [0.1, 0.15) is 81.8 Å². The number of ketones is 2. The van der Waals surface area contributed by atoms with Crippen LogP contribution in [0.3, 0.4) is 0 Å². The lowest BCUT2D eigenvalue weighted by atomic mass is 9.89. The van der Waals surface area contributed by atoms with Crippen LogP contribution < -0.4 is 21.5 Å². The number of halogens is 2. The summed E-state index contributed by atoms with van der Waals surface area (Å²) in [6.07, 6.45) is 2.22. The molecule has 0 fully saturated rings. The summed E-state index contributed by atoms with van der Waals surface area (Å²) in [5.74, 6) is -4.07. The van der Waals surface area contributed by atoms with Gasteiger partial charge in [-0.25, -0.2) is 9.59 Å². The molecule has 0 atom stereocenters. The molecule has 5 aromatic carbocycles. The topological polar surface area (TPSA) is 194 Å². The molecule has 0 unspecified atom stereocenters. The van der Waals surface area contributed by atoms with Gasteiger partial charge in [-0.3, -0.25) is 30.0 Å². The monoisotopic (exact) mass is 924 g/mol. The zero-order chi connectivity index (χ0) is 47.4. The molecule has 7 rings (SSSR count). The molecule has 334 valence electrons. The second-order valence-corrected chi connectivity index (χ2v) is 16.6. The number of esters is 2. The highest BCUT2D eigenvalue weighted by Crippen LogP contribution is 2.35. The van der Waals surface area contributed by atoms with Gasteiger partial charge in [0.15, 0.2) is 0 Å². The summed E-state index contributed by atoms with van der Waals surface area (Å²) >= 11 is 13.3. The molecule has 66 heavy (non-hydrogen) atoms. The minimum absolute atomic E-state index is 0.0220. The van der Waals surface area contributed by atoms with Crippen molar-refractivity contribution in [1.82, 2.24) is 0 Å². The summed E-state index contributed by atoms with van der Waals surface area (Å²) in [6, 6.07) is 26.2. The van der Waals surface area contributed by atoms with Crippen molar-refractivity contribution in [2.24, 2.45) is 10.2 Å². The highest BCUT2D eigenvalue weighted by Gasteiger charge is 2.33. The van der Waals surface area contributed by atoms with E-state index in [2.05, 4.69) is 31.7 Å². The Morgan fingerprint density at radius 3 is 1.29 bits per heavy atom. The maximum Gasteiger partial charge on any atom is 0.338 e. The fraction of sp³-hybridized carbons (Fsp3) is 0.160. The van der Waals surface area contributed by atoms with Gasteiger partial charge in [0.2, 0.25) is 11.6 Å². The minimum atomic E-state index is -0.818. The Kier molecular flexibility index (Phi) is 13.8. The van der Waals surface area contributed by atoms with Crippen molar-refractivity contribution in [2.45, 2.75) is 53.8 Å². The lowest BCUT2D eigenvalue weighted by Gasteiger charge is -2.19. The third kappa shape index (κ3) is 10.1. The molecule has 0 heterocycles. The number of rotatable bonds is 12. The third-order valence-corrected chi connectivity index (χ3v) is 10.8. The van der Waals surface area contributed by atoms with Crippen LogP contribution in [0.15, 0.2) is 118 Å². The van der Waals surface area contributed by atoms with Gasteiger partial charge in [-0.05, 0) is 112 Å². The highest BCUT2D eigenvalue weighted by atomic mass is 35.5. The Balaban J connectivity index is 1.09. The highest BCUT2D eigenvalue weighted by molar-refractivity contribution is 6.60. The fourth-order valence-electron chi connectivity index (χ4n) is 6.83. The maximum absolute atomic E-state index is 14.0.